The molecule has 0 saturated heterocycles. The van der Waals surface area contributed by atoms with E-state index in [-0.39, 0.29) is 27.6 Å². The predicted molar refractivity (Wildman–Crippen MR) is 87.0 cm³/mol. The molecule has 0 spiro atoms. The molecule has 3 aromatic rings. The topological polar surface area (TPSA) is 82.1 Å². The van der Waals surface area contributed by atoms with E-state index in [0.29, 0.717) is 5.56 Å². The lowest BCUT2D eigenvalue weighted by Crippen LogP contribution is -1.91. The molecule has 9 heteroatoms. The minimum absolute atomic E-state index is 0.0424. The lowest BCUT2D eigenvalue weighted by atomic mass is 10.2. The average Bonchev–Trinajstić information content (AvgIpc) is 3.07. The van der Waals surface area contributed by atoms with Crippen LogP contribution in [0.5, 0.6) is 0 Å². The van der Waals surface area contributed by atoms with Gasteiger partial charge in [-0.25, -0.2) is 8.78 Å². The molecule has 0 amide bonds. The first-order chi connectivity index (χ1) is 11.9. The Morgan fingerprint density at radius 2 is 1.88 bits per heavy atom. The standard InChI is InChI=1S/C16H11F2N3O3S/c1-9(25-14-7-4-11(17)8-13(14)18)15-19-20-16(24-15)10-2-5-12(6-3-10)21(22)23/h2-9H,1H3/t9-/m0/s1. The summed E-state index contributed by atoms with van der Waals surface area (Å²) in [5.74, 6) is -0.835. The average molecular weight is 363 g/mol. The number of rotatable bonds is 5. The van der Waals surface area contributed by atoms with E-state index < -0.39 is 16.6 Å². The van der Waals surface area contributed by atoms with E-state index in [0.717, 1.165) is 17.8 Å². The molecule has 1 heterocycles. The molecule has 0 aliphatic heterocycles. The molecule has 0 fully saturated rings. The van der Waals surface area contributed by atoms with E-state index in [4.69, 9.17) is 4.42 Å². The Morgan fingerprint density at radius 3 is 2.52 bits per heavy atom. The van der Waals surface area contributed by atoms with Crippen molar-refractivity contribution in [2.24, 2.45) is 0 Å². The van der Waals surface area contributed by atoms with Gasteiger partial charge in [-0.3, -0.25) is 10.1 Å². The maximum Gasteiger partial charge on any atom is 0.269 e. The van der Waals surface area contributed by atoms with Crippen LogP contribution in [0.25, 0.3) is 11.5 Å². The number of nitro groups is 1. The third-order valence-corrected chi connectivity index (χ3v) is 4.45. The zero-order chi connectivity index (χ0) is 18.0. The fraction of sp³-hybridized carbons (Fsp3) is 0.125. The molecule has 0 bridgehead atoms. The summed E-state index contributed by atoms with van der Waals surface area (Å²) < 4.78 is 32.2. The van der Waals surface area contributed by atoms with Crippen molar-refractivity contribution in [3.8, 4) is 11.5 Å². The maximum atomic E-state index is 13.7. The van der Waals surface area contributed by atoms with Crippen molar-refractivity contribution in [2.45, 2.75) is 17.1 Å². The summed E-state index contributed by atoms with van der Waals surface area (Å²) >= 11 is 1.12. The summed E-state index contributed by atoms with van der Waals surface area (Å²) in [7, 11) is 0. The minimum atomic E-state index is -0.660. The van der Waals surface area contributed by atoms with Gasteiger partial charge < -0.3 is 4.42 Å². The Kier molecular flexibility index (Phi) is 4.75. The molecule has 0 saturated carbocycles. The number of hydrogen-bond acceptors (Lipinski definition) is 6. The van der Waals surface area contributed by atoms with Crippen LogP contribution in [-0.2, 0) is 0 Å². The summed E-state index contributed by atoms with van der Waals surface area (Å²) in [6.45, 7) is 1.75. The number of benzene rings is 2. The number of non-ortho nitro benzene ring substituents is 1. The third kappa shape index (κ3) is 3.82. The van der Waals surface area contributed by atoms with Crippen molar-refractivity contribution in [3.05, 3.63) is 70.1 Å². The van der Waals surface area contributed by atoms with Crippen LogP contribution >= 0.6 is 11.8 Å². The van der Waals surface area contributed by atoms with Gasteiger partial charge in [0.25, 0.3) is 5.69 Å². The van der Waals surface area contributed by atoms with E-state index in [1.54, 1.807) is 6.92 Å². The van der Waals surface area contributed by atoms with Crippen molar-refractivity contribution in [1.29, 1.82) is 0 Å². The Hall–Kier alpha value is -2.81. The second-order valence-electron chi connectivity index (χ2n) is 5.08. The zero-order valence-corrected chi connectivity index (χ0v) is 13.7. The summed E-state index contributed by atoms with van der Waals surface area (Å²) in [4.78, 5) is 10.4. The fourth-order valence-corrected chi connectivity index (χ4v) is 2.95. The fourth-order valence-electron chi connectivity index (χ4n) is 2.05. The largest absolute Gasteiger partial charge is 0.419 e. The number of nitrogens with zero attached hydrogens (tertiary/aromatic N) is 3. The zero-order valence-electron chi connectivity index (χ0n) is 12.8. The Labute approximate surface area is 145 Å². The molecule has 1 atom stereocenters. The molecule has 3 rings (SSSR count). The lowest BCUT2D eigenvalue weighted by Gasteiger charge is -2.07. The van der Waals surface area contributed by atoms with E-state index in [1.807, 2.05) is 0 Å². The first kappa shape index (κ1) is 17.0. The van der Waals surface area contributed by atoms with Crippen LogP contribution in [0.4, 0.5) is 14.5 Å². The van der Waals surface area contributed by atoms with Crippen LogP contribution in [-0.4, -0.2) is 15.1 Å². The number of hydrogen-bond donors (Lipinski definition) is 0. The Morgan fingerprint density at radius 1 is 1.16 bits per heavy atom. The molecule has 0 unspecified atom stereocenters. The van der Waals surface area contributed by atoms with Gasteiger partial charge in [0.1, 0.15) is 11.6 Å². The second kappa shape index (κ2) is 6.98. The highest BCUT2D eigenvalue weighted by molar-refractivity contribution is 7.99. The van der Waals surface area contributed by atoms with E-state index in [1.165, 1.54) is 36.4 Å². The molecular formula is C16H11F2N3O3S. The molecule has 0 aliphatic carbocycles. The van der Waals surface area contributed by atoms with Crippen molar-refractivity contribution in [3.63, 3.8) is 0 Å². The number of aromatic nitrogens is 2. The van der Waals surface area contributed by atoms with Gasteiger partial charge in [-0.05, 0) is 31.2 Å². The van der Waals surface area contributed by atoms with E-state index >= 15 is 0 Å². The van der Waals surface area contributed by atoms with Crippen molar-refractivity contribution in [1.82, 2.24) is 10.2 Å². The predicted octanol–water partition coefficient (Wildman–Crippen LogP) is 4.78. The number of thioether (sulfide) groups is 1. The maximum absolute atomic E-state index is 13.7. The molecule has 0 radical (unpaired) electrons. The first-order valence-corrected chi connectivity index (χ1v) is 8.02. The molecule has 0 N–H and O–H groups in total. The Bertz CT molecular complexity index is 915. The van der Waals surface area contributed by atoms with Crippen LogP contribution in [0.1, 0.15) is 18.1 Å². The molecule has 1 aromatic heterocycles. The van der Waals surface area contributed by atoms with E-state index in [9.17, 15) is 18.9 Å². The molecule has 6 nitrogen and oxygen atoms in total. The summed E-state index contributed by atoms with van der Waals surface area (Å²) in [6, 6.07) is 9.02. The van der Waals surface area contributed by atoms with Gasteiger partial charge in [0.2, 0.25) is 11.8 Å². The monoisotopic (exact) mass is 363 g/mol. The molecule has 0 aliphatic rings. The van der Waals surface area contributed by atoms with Crippen LogP contribution in [0.3, 0.4) is 0 Å². The third-order valence-electron chi connectivity index (χ3n) is 3.31. The van der Waals surface area contributed by atoms with Crippen LogP contribution in [0.2, 0.25) is 0 Å². The van der Waals surface area contributed by atoms with Crippen LogP contribution in [0.15, 0.2) is 51.8 Å². The summed E-state index contributed by atoms with van der Waals surface area (Å²) in [6.07, 6.45) is 0. The van der Waals surface area contributed by atoms with Gasteiger partial charge in [0.05, 0.1) is 10.2 Å². The van der Waals surface area contributed by atoms with Gasteiger partial charge in [-0.15, -0.1) is 22.0 Å². The highest BCUT2D eigenvalue weighted by atomic mass is 32.2. The van der Waals surface area contributed by atoms with Gasteiger partial charge in [0.15, 0.2) is 0 Å². The van der Waals surface area contributed by atoms with Crippen molar-refractivity contribution < 1.29 is 18.1 Å². The highest BCUT2D eigenvalue weighted by Crippen LogP contribution is 2.36. The molecule has 2 aromatic carbocycles. The van der Waals surface area contributed by atoms with E-state index in [2.05, 4.69) is 10.2 Å². The van der Waals surface area contributed by atoms with Gasteiger partial charge in [-0.1, -0.05) is 0 Å². The Balaban J connectivity index is 1.77. The SMILES string of the molecule is C[C@H](Sc1ccc(F)cc1F)c1nnc(-c2ccc([N+](=O)[O-])cc2)o1. The van der Waals surface area contributed by atoms with Gasteiger partial charge in [-0.2, -0.15) is 0 Å². The number of nitro benzene ring substituents is 1. The normalized spacial score (nSPS) is 12.1. The van der Waals surface area contributed by atoms with Crippen LogP contribution < -0.4 is 0 Å². The summed E-state index contributed by atoms with van der Waals surface area (Å²) in [5, 5.41) is 18.1. The molecule has 128 valence electrons. The highest BCUT2D eigenvalue weighted by Gasteiger charge is 2.18. The van der Waals surface area contributed by atoms with Gasteiger partial charge >= 0.3 is 0 Å². The van der Waals surface area contributed by atoms with Crippen molar-refractivity contribution >= 4 is 17.4 Å². The van der Waals surface area contributed by atoms with Gasteiger partial charge in [0, 0.05) is 28.7 Å². The smallest absolute Gasteiger partial charge is 0.269 e. The first-order valence-electron chi connectivity index (χ1n) is 7.14. The number of halogens is 2. The van der Waals surface area contributed by atoms with Crippen molar-refractivity contribution in [2.75, 3.05) is 0 Å². The second-order valence-corrected chi connectivity index (χ2v) is 6.47. The summed E-state index contributed by atoms with van der Waals surface area (Å²) in [5.41, 5.74) is 0.494. The molecular weight excluding hydrogens is 352 g/mol. The molecule has 25 heavy (non-hydrogen) atoms. The quantitative estimate of drug-likeness (QED) is 0.369. The van der Waals surface area contributed by atoms with Crippen LogP contribution in [0, 0.1) is 21.7 Å². The lowest BCUT2D eigenvalue weighted by molar-refractivity contribution is -0.384. The minimum Gasteiger partial charge on any atom is -0.419 e.